The van der Waals surface area contributed by atoms with Crippen molar-refractivity contribution in [3.05, 3.63) is 16.8 Å². The Kier molecular flexibility index (Phi) is 3.88. The second-order valence-electron chi connectivity index (χ2n) is 3.41. The molecule has 6 nitrogen and oxygen atoms in total. The third-order valence-electron chi connectivity index (χ3n) is 2.31. The highest BCUT2D eigenvalue weighted by atomic mass is 16.5. The number of hydrogen-bond donors (Lipinski definition) is 2. The Labute approximate surface area is 98.6 Å². The SMILES string of the molecule is CCOC(=O)C(=O)Nc1[nH]c(C)c(C)c1C#N. The predicted octanol–water partition coefficient (Wildman–Crippen LogP) is 1.00. The van der Waals surface area contributed by atoms with Gasteiger partial charge in [-0.3, -0.25) is 4.79 Å². The number of aryl methyl sites for hydroxylation is 1. The number of amides is 1. The van der Waals surface area contributed by atoms with E-state index in [1.807, 2.05) is 6.07 Å². The molecule has 0 atom stereocenters. The van der Waals surface area contributed by atoms with Crippen LogP contribution in [0.25, 0.3) is 0 Å². The Morgan fingerprint density at radius 3 is 2.65 bits per heavy atom. The summed E-state index contributed by atoms with van der Waals surface area (Å²) < 4.78 is 4.54. The van der Waals surface area contributed by atoms with Gasteiger partial charge in [0.05, 0.1) is 12.2 Å². The Morgan fingerprint density at radius 2 is 2.12 bits per heavy atom. The molecule has 0 aliphatic carbocycles. The highest BCUT2D eigenvalue weighted by Gasteiger charge is 2.19. The van der Waals surface area contributed by atoms with Crippen LogP contribution in [0.5, 0.6) is 0 Å². The van der Waals surface area contributed by atoms with E-state index in [0.717, 1.165) is 11.3 Å². The summed E-state index contributed by atoms with van der Waals surface area (Å²) >= 11 is 0. The summed E-state index contributed by atoms with van der Waals surface area (Å²) in [6.07, 6.45) is 0. The second kappa shape index (κ2) is 5.16. The number of esters is 1. The first-order valence-corrected chi connectivity index (χ1v) is 5.08. The molecule has 0 aliphatic rings. The minimum absolute atomic E-state index is 0.125. The van der Waals surface area contributed by atoms with E-state index in [-0.39, 0.29) is 12.4 Å². The third-order valence-corrected chi connectivity index (χ3v) is 2.31. The average Bonchev–Trinajstić information content (AvgIpc) is 2.54. The number of nitriles is 1. The summed E-state index contributed by atoms with van der Waals surface area (Å²) in [7, 11) is 0. The normalized spacial score (nSPS) is 9.53. The first-order chi connectivity index (χ1) is 8.01. The summed E-state index contributed by atoms with van der Waals surface area (Å²) in [5.41, 5.74) is 1.83. The fourth-order valence-electron chi connectivity index (χ4n) is 1.31. The first kappa shape index (κ1) is 12.8. The Balaban J connectivity index is 2.90. The van der Waals surface area contributed by atoms with Gasteiger partial charge in [-0.25, -0.2) is 4.79 Å². The molecule has 0 spiro atoms. The molecule has 0 aromatic carbocycles. The fraction of sp³-hybridized carbons (Fsp3) is 0.364. The molecule has 17 heavy (non-hydrogen) atoms. The van der Waals surface area contributed by atoms with E-state index >= 15 is 0 Å². The predicted molar refractivity (Wildman–Crippen MR) is 60.2 cm³/mol. The van der Waals surface area contributed by atoms with E-state index in [1.54, 1.807) is 20.8 Å². The van der Waals surface area contributed by atoms with Crippen molar-refractivity contribution in [2.45, 2.75) is 20.8 Å². The molecule has 90 valence electrons. The van der Waals surface area contributed by atoms with Crippen LogP contribution in [0, 0.1) is 25.2 Å². The molecule has 1 amide bonds. The quantitative estimate of drug-likeness (QED) is 0.590. The minimum Gasteiger partial charge on any atom is -0.459 e. The molecule has 1 aromatic heterocycles. The maximum Gasteiger partial charge on any atom is 0.397 e. The Hall–Kier alpha value is -2.29. The van der Waals surface area contributed by atoms with Crippen LogP contribution >= 0.6 is 0 Å². The van der Waals surface area contributed by atoms with E-state index < -0.39 is 11.9 Å². The number of nitrogens with one attached hydrogen (secondary N) is 2. The number of H-pyrrole nitrogens is 1. The van der Waals surface area contributed by atoms with Crippen LogP contribution in [0.2, 0.25) is 0 Å². The van der Waals surface area contributed by atoms with Gasteiger partial charge in [-0.05, 0) is 26.3 Å². The maximum atomic E-state index is 11.4. The summed E-state index contributed by atoms with van der Waals surface area (Å²) in [4.78, 5) is 25.3. The van der Waals surface area contributed by atoms with Crippen molar-refractivity contribution in [3.63, 3.8) is 0 Å². The lowest BCUT2D eigenvalue weighted by Gasteiger charge is -2.02. The van der Waals surface area contributed by atoms with Crippen LogP contribution in [-0.4, -0.2) is 23.5 Å². The number of ether oxygens (including phenoxy) is 1. The summed E-state index contributed by atoms with van der Waals surface area (Å²) in [5.74, 6) is -1.65. The number of hydrogen-bond acceptors (Lipinski definition) is 4. The van der Waals surface area contributed by atoms with Crippen molar-refractivity contribution in [2.75, 3.05) is 11.9 Å². The number of rotatable bonds is 2. The fourth-order valence-corrected chi connectivity index (χ4v) is 1.31. The molecule has 0 saturated heterocycles. The zero-order valence-corrected chi connectivity index (χ0v) is 9.88. The lowest BCUT2D eigenvalue weighted by Crippen LogP contribution is -2.25. The number of nitrogens with zero attached hydrogens (tertiary/aromatic N) is 1. The summed E-state index contributed by atoms with van der Waals surface area (Å²) in [6.45, 7) is 5.26. The van der Waals surface area contributed by atoms with E-state index in [1.165, 1.54) is 0 Å². The number of aromatic nitrogens is 1. The van der Waals surface area contributed by atoms with Crippen LogP contribution < -0.4 is 5.32 Å². The van der Waals surface area contributed by atoms with Crippen molar-refractivity contribution in [3.8, 4) is 6.07 Å². The van der Waals surface area contributed by atoms with Gasteiger partial charge in [0.25, 0.3) is 0 Å². The van der Waals surface area contributed by atoms with Crippen molar-refractivity contribution in [1.29, 1.82) is 5.26 Å². The summed E-state index contributed by atoms with van der Waals surface area (Å²) in [6, 6.07) is 1.96. The molecular formula is C11H13N3O3. The van der Waals surface area contributed by atoms with Crippen molar-refractivity contribution >= 4 is 17.7 Å². The zero-order chi connectivity index (χ0) is 13.0. The third kappa shape index (κ3) is 2.64. The molecule has 1 aromatic rings. The van der Waals surface area contributed by atoms with E-state index in [9.17, 15) is 9.59 Å². The lowest BCUT2D eigenvalue weighted by molar-refractivity contribution is -0.152. The van der Waals surface area contributed by atoms with Crippen molar-refractivity contribution < 1.29 is 14.3 Å². The Morgan fingerprint density at radius 1 is 1.47 bits per heavy atom. The molecule has 1 rings (SSSR count). The van der Waals surface area contributed by atoms with Gasteiger partial charge in [-0.2, -0.15) is 5.26 Å². The van der Waals surface area contributed by atoms with Crippen molar-refractivity contribution in [1.82, 2.24) is 4.98 Å². The molecule has 0 aliphatic heterocycles. The van der Waals surface area contributed by atoms with Crippen LogP contribution in [0.3, 0.4) is 0 Å². The molecule has 0 radical (unpaired) electrons. The van der Waals surface area contributed by atoms with Gasteiger partial charge in [0, 0.05) is 5.69 Å². The zero-order valence-electron chi connectivity index (χ0n) is 9.88. The molecule has 0 unspecified atom stereocenters. The molecular weight excluding hydrogens is 222 g/mol. The smallest absolute Gasteiger partial charge is 0.397 e. The van der Waals surface area contributed by atoms with E-state index in [0.29, 0.717) is 5.56 Å². The van der Waals surface area contributed by atoms with Crippen molar-refractivity contribution in [2.24, 2.45) is 0 Å². The number of anilines is 1. The number of aromatic amines is 1. The van der Waals surface area contributed by atoms with Crippen LogP contribution in [0.4, 0.5) is 5.82 Å². The maximum absolute atomic E-state index is 11.4. The highest BCUT2D eigenvalue weighted by Crippen LogP contribution is 2.20. The Bertz CT molecular complexity index is 497. The molecule has 2 N–H and O–H groups in total. The largest absolute Gasteiger partial charge is 0.459 e. The lowest BCUT2D eigenvalue weighted by atomic mass is 10.2. The topological polar surface area (TPSA) is 95.0 Å². The molecule has 0 bridgehead atoms. The molecule has 6 heteroatoms. The minimum atomic E-state index is -0.971. The van der Waals surface area contributed by atoms with Gasteiger partial charge in [-0.15, -0.1) is 0 Å². The highest BCUT2D eigenvalue weighted by molar-refractivity contribution is 6.37. The van der Waals surface area contributed by atoms with Crippen LogP contribution in [-0.2, 0) is 14.3 Å². The number of carbonyl (C=O) groups is 2. The van der Waals surface area contributed by atoms with E-state index in [4.69, 9.17) is 5.26 Å². The van der Waals surface area contributed by atoms with Gasteiger partial charge in [0.1, 0.15) is 11.9 Å². The van der Waals surface area contributed by atoms with Gasteiger partial charge < -0.3 is 15.0 Å². The van der Waals surface area contributed by atoms with Gasteiger partial charge >= 0.3 is 11.9 Å². The standard InChI is InChI=1S/C11H13N3O3/c1-4-17-11(16)10(15)14-9-8(5-12)6(2)7(3)13-9/h13H,4H2,1-3H3,(H,14,15). The monoisotopic (exact) mass is 235 g/mol. The second-order valence-corrected chi connectivity index (χ2v) is 3.41. The van der Waals surface area contributed by atoms with Crippen LogP contribution in [0.15, 0.2) is 0 Å². The molecule has 0 saturated carbocycles. The van der Waals surface area contributed by atoms with Gasteiger partial charge in [0.15, 0.2) is 0 Å². The van der Waals surface area contributed by atoms with Gasteiger partial charge in [-0.1, -0.05) is 0 Å². The van der Waals surface area contributed by atoms with E-state index in [2.05, 4.69) is 15.0 Å². The molecule has 0 fully saturated rings. The summed E-state index contributed by atoms with van der Waals surface area (Å²) in [5, 5.41) is 11.2. The van der Waals surface area contributed by atoms with Gasteiger partial charge in [0.2, 0.25) is 0 Å². The first-order valence-electron chi connectivity index (χ1n) is 5.08. The number of carbonyl (C=O) groups excluding carboxylic acids is 2. The average molecular weight is 235 g/mol. The molecule has 1 heterocycles. The van der Waals surface area contributed by atoms with Crippen LogP contribution in [0.1, 0.15) is 23.7 Å².